The summed E-state index contributed by atoms with van der Waals surface area (Å²) in [6.07, 6.45) is 4.76. The molecule has 2 nitrogen and oxygen atoms in total. The van der Waals surface area contributed by atoms with Crippen LogP contribution in [0.3, 0.4) is 0 Å². The largest absolute Gasteiger partial charge is 0.508 e. The lowest BCUT2D eigenvalue weighted by molar-refractivity contribution is 0.475. The van der Waals surface area contributed by atoms with Crippen LogP contribution >= 0.6 is 0 Å². The molecular weight excluding hydrogens is 210 g/mol. The maximum atomic E-state index is 9.49. The number of fused-ring (bicyclic) bond motifs is 1. The maximum absolute atomic E-state index is 9.49. The SMILES string of the molecule is Oc1cccc(-c2ccc3c(n2)CCCC3)c1. The van der Waals surface area contributed by atoms with Crippen LogP contribution in [-0.2, 0) is 12.8 Å². The number of aromatic hydroxyl groups is 1. The lowest BCUT2D eigenvalue weighted by Gasteiger charge is -2.15. The van der Waals surface area contributed by atoms with Crippen LogP contribution in [0.15, 0.2) is 36.4 Å². The maximum Gasteiger partial charge on any atom is 0.116 e. The highest BCUT2D eigenvalue weighted by Gasteiger charge is 2.11. The molecule has 0 spiro atoms. The van der Waals surface area contributed by atoms with Crippen molar-refractivity contribution >= 4 is 0 Å². The van der Waals surface area contributed by atoms with E-state index in [1.54, 1.807) is 12.1 Å². The number of phenols is 1. The number of aromatic nitrogens is 1. The van der Waals surface area contributed by atoms with Gasteiger partial charge in [0.2, 0.25) is 0 Å². The van der Waals surface area contributed by atoms with Gasteiger partial charge in [-0.15, -0.1) is 0 Å². The first kappa shape index (κ1) is 10.3. The van der Waals surface area contributed by atoms with Gasteiger partial charge >= 0.3 is 0 Å². The molecule has 1 N–H and O–H groups in total. The van der Waals surface area contributed by atoms with E-state index >= 15 is 0 Å². The van der Waals surface area contributed by atoms with E-state index in [0.29, 0.717) is 5.75 Å². The summed E-state index contributed by atoms with van der Waals surface area (Å²) < 4.78 is 0. The van der Waals surface area contributed by atoms with Gasteiger partial charge in [-0.2, -0.15) is 0 Å². The molecule has 0 amide bonds. The Bertz CT molecular complexity index is 548. The van der Waals surface area contributed by atoms with Crippen LogP contribution in [0.1, 0.15) is 24.1 Å². The second-order valence-corrected chi connectivity index (χ2v) is 4.56. The molecule has 0 saturated carbocycles. The molecule has 3 rings (SSSR count). The number of nitrogens with zero attached hydrogens (tertiary/aromatic N) is 1. The Labute approximate surface area is 101 Å². The highest BCUT2D eigenvalue weighted by atomic mass is 16.3. The third-order valence-electron chi connectivity index (χ3n) is 3.32. The lowest BCUT2D eigenvalue weighted by atomic mass is 9.95. The molecule has 0 radical (unpaired) electrons. The molecule has 1 aliphatic rings. The summed E-state index contributed by atoms with van der Waals surface area (Å²) >= 11 is 0. The molecule has 17 heavy (non-hydrogen) atoms. The zero-order valence-corrected chi connectivity index (χ0v) is 9.69. The molecule has 86 valence electrons. The normalized spacial score (nSPS) is 14.4. The topological polar surface area (TPSA) is 33.1 Å². The number of benzene rings is 1. The predicted molar refractivity (Wildman–Crippen MR) is 68.0 cm³/mol. The predicted octanol–water partition coefficient (Wildman–Crippen LogP) is 3.33. The van der Waals surface area contributed by atoms with Crippen LogP contribution in [0.25, 0.3) is 11.3 Å². The van der Waals surface area contributed by atoms with E-state index in [1.165, 1.54) is 24.1 Å². The van der Waals surface area contributed by atoms with Crippen molar-refractivity contribution in [1.82, 2.24) is 4.98 Å². The van der Waals surface area contributed by atoms with Gasteiger partial charge in [0.25, 0.3) is 0 Å². The zero-order valence-electron chi connectivity index (χ0n) is 9.69. The summed E-state index contributed by atoms with van der Waals surface area (Å²) in [4.78, 5) is 4.71. The van der Waals surface area contributed by atoms with Crippen molar-refractivity contribution in [1.29, 1.82) is 0 Å². The van der Waals surface area contributed by atoms with Crippen molar-refractivity contribution in [2.24, 2.45) is 0 Å². The Morgan fingerprint density at radius 3 is 2.76 bits per heavy atom. The van der Waals surface area contributed by atoms with Gasteiger partial charge in [-0.1, -0.05) is 18.2 Å². The Kier molecular flexibility index (Phi) is 2.56. The summed E-state index contributed by atoms with van der Waals surface area (Å²) in [7, 11) is 0. The standard InChI is InChI=1S/C15H15NO/c17-13-6-3-5-12(10-13)15-9-8-11-4-1-2-7-14(11)16-15/h3,5-6,8-10,17H,1-2,4,7H2. The highest BCUT2D eigenvalue weighted by Crippen LogP contribution is 2.25. The minimum absolute atomic E-state index is 0.294. The minimum atomic E-state index is 0.294. The van der Waals surface area contributed by atoms with E-state index in [4.69, 9.17) is 4.98 Å². The molecule has 2 heteroatoms. The molecule has 0 bridgehead atoms. The van der Waals surface area contributed by atoms with Gasteiger partial charge in [0, 0.05) is 11.3 Å². The van der Waals surface area contributed by atoms with Gasteiger partial charge < -0.3 is 5.11 Å². The average molecular weight is 225 g/mol. The van der Waals surface area contributed by atoms with Gasteiger partial charge in [0.1, 0.15) is 5.75 Å². The first-order valence-electron chi connectivity index (χ1n) is 6.11. The van der Waals surface area contributed by atoms with E-state index in [-0.39, 0.29) is 0 Å². The molecule has 0 atom stereocenters. The number of phenolic OH excluding ortho intramolecular Hbond substituents is 1. The number of hydrogen-bond donors (Lipinski definition) is 1. The Balaban J connectivity index is 2.04. The fourth-order valence-corrected chi connectivity index (χ4v) is 2.41. The van der Waals surface area contributed by atoms with Crippen molar-refractivity contribution in [3.05, 3.63) is 47.7 Å². The molecule has 0 aliphatic heterocycles. The molecule has 1 aromatic carbocycles. The number of pyridine rings is 1. The van der Waals surface area contributed by atoms with E-state index < -0.39 is 0 Å². The second kappa shape index (κ2) is 4.21. The number of hydrogen-bond acceptors (Lipinski definition) is 2. The van der Waals surface area contributed by atoms with Crippen LogP contribution in [0.2, 0.25) is 0 Å². The highest BCUT2D eigenvalue weighted by molar-refractivity contribution is 5.61. The van der Waals surface area contributed by atoms with Crippen molar-refractivity contribution in [3.63, 3.8) is 0 Å². The van der Waals surface area contributed by atoms with Crippen molar-refractivity contribution < 1.29 is 5.11 Å². The molecule has 1 aliphatic carbocycles. The van der Waals surface area contributed by atoms with E-state index in [0.717, 1.165) is 24.1 Å². The molecule has 1 heterocycles. The zero-order chi connectivity index (χ0) is 11.7. The van der Waals surface area contributed by atoms with Crippen molar-refractivity contribution in [2.45, 2.75) is 25.7 Å². The summed E-state index contributed by atoms with van der Waals surface area (Å²) in [6.45, 7) is 0. The van der Waals surface area contributed by atoms with Crippen molar-refractivity contribution in [3.8, 4) is 17.0 Å². The molecule has 1 aromatic heterocycles. The van der Waals surface area contributed by atoms with Gasteiger partial charge in [-0.25, -0.2) is 0 Å². The first-order chi connectivity index (χ1) is 8.33. The van der Waals surface area contributed by atoms with E-state index in [1.807, 2.05) is 12.1 Å². The number of aryl methyl sites for hydroxylation is 2. The van der Waals surface area contributed by atoms with Crippen LogP contribution < -0.4 is 0 Å². The first-order valence-corrected chi connectivity index (χ1v) is 6.11. The van der Waals surface area contributed by atoms with Gasteiger partial charge in [0.15, 0.2) is 0 Å². The Hall–Kier alpha value is -1.83. The molecule has 0 saturated heterocycles. The fraction of sp³-hybridized carbons (Fsp3) is 0.267. The smallest absolute Gasteiger partial charge is 0.116 e. The minimum Gasteiger partial charge on any atom is -0.508 e. The third kappa shape index (κ3) is 2.03. The monoisotopic (exact) mass is 225 g/mol. The summed E-state index contributed by atoms with van der Waals surface area (Å²) in [5, 5.41) is 9.49. The molecule has 0 unspecified atom stereocenters. The molecular formula is C15H15NO. The summed E-state index contributed by atoms with van der Waals surface area (Å²) in [5.74, 6) is 0.294. The second-order valence-electron chi connectivity index (χ2n) is 4.56. The number of rotatable bonds is 1. The van der Waals surface area contributed by atoms with Crippen LogP contribution in [0.4, 0.5) is 0 Å². The van der Waals surface area contributed by atoms with E-state index in [9.17, 15) is 5.11 Å². The average Bonchev–Trinajstić information content (AvgIpc) is 2.38. The Morgan fingerprint density at radius 1 is 1.00 bits per heavy atom. The summed E-state index contributed by atoms with van der Waals surface area (Å²) in [5.41, 5.74) is 4.57. The quantitative estimate of drug-likeness (QED) is 0.807. The lowest BCUT2D eigenvalue weighted by Crippen LogP contribution is -2.05. The Morgan fingerprint density at radius 2 is 1.88 bits per heavy atom. The molecule has 0 fully saturated rings. The van der Waals surface area contributed by atoms with Crippen molar-refractivity contribution in [2.75, 3.05) is 0 Å². The van der Waals surface area contributed by atoms with E-state index in [2.05, 4.69) is 12.1 Å². The van der Waals surface area contributed by atoms with Gasteiger partial charge in [0.05, 0.1) is 5.69 Å². The van der Waals surface area contributed by atoms with Crippen LogP contribution in [0, 0.1) is 0 Å². The van der Waals surface area contributed by atoms with Gasteiger partial charge in [-0.3, -0.25) is 4.98 Å². The van der Waals surface area contributed by atoms with Gasteiger partial charge in [-0.05, 0) is 49.4 Å². The fourth-order valence-electron chi connectivity index (χ4n) is 2.41. The van der Waals surface area contributed by atoms with Crippen LogP contribution in [0.5, 0.6) is 5.75 Å². The summed E-state index contributed by atoms with van der Waals surface area (Å²) in [6, 6.07) is 11.5. The van der Waals surface area contributed by atoms with Crippen LogP contribution in [-0.4, -0.2) is 10.1 Å². The third-order valence-corrected chi connectivity index (χ3v) is 3.32. The molecule has 2 aromatic rings.